The van der Waals surface area contributed by atoms with Gasteiger partial charge in [0.1, 0.15) is 11.6 Å². The van der Waals surface area contributed by atoms with Crippen LogP contribution in [0.25, 0.3) is 0 Å². The third-order valence-corrected chi connectivity index (χ3v) is 3.33. The van der Waals surface area contributed by atoms with Crippen LogP contribution >= 0.6 is 0 Å². The van der Waals surface area contributed by atoms with E-state index in [1.54, 1.807) is 6.26 Å². The van der Waals surface area contributed by atoms with Gasteiger partial charge in [-0.05, 0) is 12.5 Å². The Bertz CT molecular complexity index is 503. The molecule has 104 valence electrons. The van der Waals surface area contributed by atoms with Gasteiger partial charge in [-0.15, -0.1) is 0 Å². The maximum atomic E-state index is 5.70. The summed E-state index contributed by atoms with van der Waals surface area (Å²) in [5, 5.41) is 0. The zero-order valence-corrected chi connectivity index (χ0v) is 11.6. The number of aryl methyl sites for hydroxylation is 2. The lowest BCUT2D eigenvalue weighted by Crippen LogP contribution is -2.30. The number of nitrogens with zero attached hydrogens (tertiary/aromatic N) is 2. The molecule has 1 atom stereocenters. The van der Waals surface area contributed by atoms with Gasteiger partial charge in [-0.25, -0.2) is 4.98 Å². The molecular formula is C14H22N4O. The van der Waals surface area contributed by atoms with Gasteiger partial charge in [0, 0.05) is 37.3 Å². The van der Waals surface area contributed by atoms with Gasteiger partial charge < -0.3 is 8.98 Å². The molecule has 0 saturated heterocycles. The van der Waals surface area contributed by atoms with E-state index < -0.39 is 0 Å². The molecule has 0 amide bonds. The van der Waals surface area contributed by atoms with Crippen molar-refractivity contribution in [1.29, 1.82) is 0 Å². The molecule has 2 aromatic rings. The number of hydrogen-bond acceptors (Lipinski definition) is 4. The number of nitrogens with one attached hydrogen (secondary N) is 1. The maximum Gasteiger partial charge on any atom is 0.110 e. The number of rotatable bonds is 7. The van der Waals surface area contributed by atoms with Gasteiger partial charge in [0.2, 0.25) is 0 Å². The minimum Gasteiger partial charge on any atom is -0.469 e. The zero-order chi connectivity index (χ0) is 13.7. The van der Waals surface area contributed by atoms with Crippen LogP contribution in [0.1, 0.15) is 43.5 Å². The standard InChI is InChI=1S/C14H22N4O/c1-3-7-18-8-6-16-14(18)10-12(17-15)11-5-9-19-13(11)4-2/h5-6,8-9,12,17H,3-4,7,10,15H2,1-2H3. The normalized spacial score (nSPS) is 12.8. The lowest BCUT2D eigenvalue weighted by Gasteiger charge is -2.16. The summed E-state index contributed by atoms with van der Waals surface area (Å²) in [5.74, 6) is 7.73. The Morgan fingerprint density at radius 3 is 3.00 bits per heavy atom. The molecule has 0 aliphatic rings. The molecular weight excluding hydrogens is 240 g/mol. The fraction of sp³-hybridized carbons (Fsp3) is 0.500. The molecule has 0 aliphatic heterocycles. The topological polar surface area (TPSA) is 69.0 Å². The van der Waals surface area contributed by atoms with Crippen LogP contribution in [-0.2, 0) is 19.4 Å². The van der Waals surface area contributed by atoms with Crippen molar-refractivity contribution >= 4 is 0 Å². The molecule has 19 heavy (non-hydrogen) atoms. The first-order valence-corrected chi connectivity index (χ1v) is 6.82. The average Bonchev–Trinajstić information content (AvgIpc) is 3.05. The minimum atomic E-state index is 0.0340. The molecule has 0 saturated carbocycles. The minimum absolute atomic E-state index is 0.0340. The highest BCUT2D eigenvalue weighted by molar-refractivity contribution is 5.22. The van der Waals surface area contributed by atoms with E-state index >= 15 is 0 Å². The SMILES string of the molecule is CCCn1ccnc1CC(NN)c1ccoc1CC. The van der Waals surface area contributed by atoms with Crippen molar-refractivity contribution in [3.05, 3.63) is 41.9 Å². The van der Waals surface area contributed by atoms with E-state index in [-0.39, 0.29) is 6.04 Å². The summed E-state index contributed by atoms with van der Waals surface area (Å²) in [6.07, 6.45) is 8.30. The Labute approximate surface area is 113 Å². The van der Waals surface area contributed by atoms with E-state index in [2.05, 4.69) is 28.8 Å². The summed E-state index contributed by atoms with van der Waals surface area (Å²) in [6, 6.07) is 2.02. The monoisotopic (exact) mass is 262 g/mol. The molecule has 2 aromatic heterocycles. The largest absolute Gasteiger partial charge is 0.469 e. The Morgan fingerprint density at radius 1 is 1.47 bits per heavy atom. The van der Waals surface area contributed by atoms with Gasteiger partial charge in [0.05, 0.1) is 12.3 Å². The van der Waals surface area contributed by atoms with E-state index in [4.69, 9.17) is 10.3 Å². The molecule has 0 bridgehead atoms. The summed E-state index contributed by atoms with van der Waals surface area (Å²) in [5.41, 5.74) is 3.99. The summed E-state index contributed by atoms with van der Waals surface area (Å²) in [7, 11) is 0. The van der Waals surface area contributed by atoms with Crippen LogP contribution in [0.5, 0.6) is 0 Å². The van der Waals surface area contributed by atoms with Crippen molar-refractivity contribution in [2.45, 2.75) is 45.7 Å². The third kappa shape index (κ3) is 3.05. The smallest absolute Gasteiger partial charge is 0.110 e. The van der Waals surface area contributed by atoms with Gasteiger partial charge in [0.25, 0.3) is 0 Å². The van der Waals surface area contributed by atoms with Crippen LogP contribution in [0.3, 0.4) is 0 Å². The van der Waals surface area contributed by atoms with Gasteiger partial charge >= 0.3 is 0 Å². The number of hydrogen-bond donors (Lipinski definition) is 2. The summed E-state index contributed by atoms with van der Waals surface area (Å²) in [6.45, 7) is 5.22. The summed E-state index contributed by atoms with van der Waals surface area (Å²) < 4.78 is 7.65. The molecule has 0 aromatic carbocycles. The fourth-order valence-electron chi connectivity index (χ4n) is 2.36. The third-order valence-electron chi connectivity index (χ3n) is 3.33. The summed E-state index contributed by atoms with van der Waals surface area (Å²) in [4.78, 5) is 4.42. The lowest BCUT2D eigenvalue weighted by atomic mass is 10.0. The number of nitrogens with two attached hydrogens (primary N) is 1. The van der Waals surface area contributed by atoms with Crippen LogP contribution in [0.15, 0.2) is 29.1 Å². The molecule has 1 unspecified atom stereocenters. The van der Waals surface area contributed by atoms with Crippen molar-refractivity contribution in [2.75, 3.05) is 0 Å². The Kier molecular flexibility index (Phi) is 4.76. The van der Waals surface area contributed by atoms with E-state index in [0.29, 0.717) is 0 Å². The van der Waals surface area contributed by atoms with E-state index in [1.807, 2.05) is 18.5 Å². The molecule has 0 fully saturated rings. The molecule has 2 rings (SSSR count). The Balaban J connectivity index is 2.17. The second-order valence-electron chi connectivity index (χ2n) is 4.61. The van der Waals surface area contributed by atoms with Crippen molar-refractivity contribution in [3.63, 3.8) is 0 Å². The molecule has 0 aliphatic carbocycles. The number of furan rings is 1. The number of imidazole rings is 1. The van der Waals surface area contributed by atoms with Crippen molar-refractivity contribution < 1.29 is 4.42 Å². The zero-order valence-electron chi connectivity index (χ0n) is 11.6. The van der Waals surface area contributed by atoms with Crippen LogP contribution in [0, 0.1) is 0 Å². The first-order chi connectivity index (χ1) is 9.30. The van der Waals surface area contributed by atoms with Crippen LogP contribution in [0.2, 0.25) is 0 Å². The van der Waals surface area contributed by atoms with Crippen molar-refractivity contribution in [2.24, 2.45) is 5.84 Å². The predicted molar refractivity (Wildman–Crippen MR) is 74.4 cm³/mol. The molecule has 0 radical (unpaired) electrons. The first-order valence-electron chi connectivity index (χ1n) is 6.82. The summed E-state index contributed by atoms with van der Waals surface area (Å²) >= 11 is 0. The van der Waals surface area contributed by atoms with Crippen LogP contribution in [0.4, 0.5) is 0 Å². The second-order valence-corrected chi connectivity index (χ2v) is 4.61. The Morgan fingerprint density at radius 2 is 2.32 bits per heavy atom. The lowest BCUT2D eigenvalue weighted by molar-refractivity contribution is 0.477. The quantitative estimate of drug-likeness (QED) is 0.593. The Hall–Kier alpha value is -1.59. The van der Waals surface area contributed by atoms with Gasteiger partial charge in [-0.3, -0.25) is 11.3 Å². The molecule has 5 nitrogen and oxygen atoms in total. The van der Waals surface area contributed by atoms with Gasteiger partial charge in [-0.1, -0.05) is 13.8 Å². The molecule has 3 N–H and O–H groups in total. The predicted octanol–water partition coefficient (Wildman–Crippen LogP) is 2.20. The van der Waals surface area contributed by atoms with E-state index in [1.165, 1.54) is 0 Å². The highest BCUT2D eigenvalue weighted by Gasteiger charge is 2.18. The average molecular weight is 262 g/mol. The second kappa shape index (κ2) is 6.54. The molecule has 2 heterocycles. The fourth-order valence-corrected chi connectivity index (χ4v) is 2.36. The first kappa shape index (κ1) is 13.8. The van der Waals surface area contributed by atoms with Crippen molar-refractivity contribution in [1.82, 2.24) is 15.0 Å². The van der Waals surface area contributed by atoms with Gasteiger partial charge in [0.15, 0.2) is 0 Å². The van der Waals surface area contributed by atoms with E-state index in [9.17, 15) is 0 Å². The van der Waals surface area contributed by atoms with Gasteiger partial charge in [-0.2, -0.15) is 0 Å². The maximum absolute atomic E-state index is 5.70. The number of hydrazine groups is 1. The van der Waals surface area contributed by atoms with Crippen LogP contribution in [-0.4, -0.2) is 9.55 Å². The highest BCUT2D eigenvalue weighted by Crippen LogP contribution is 2.22. The highest BCUT2D eigenvalue weighted by atomic mass is 16.3. The van der Waals surface area contributed by atoms with Crippen LogP contribution < -0.4 is 11.3 Å². The molecule has 0 spiro atoms. The number of aromatic nitrogens is 2. The molecule has 5 heteroatoms. The van der Waals surface area contributed by atoms with E-state index in [0.717, 1.165) is 43.0 Å². The van der Waals surface area contributed by atoms with Crippen molar-refractivity contribution in [3.8, 4) is 0 Å².